The van der Waals surface area contributed by atoms with Crippen molar-refractivity contribution >= 4 is 6.03 Å². The van der Waals surface area contributed by atoms with E-state index in [4.69, 9.17) is 4.74 Å². The van der Waals surface area contributed by atoms with Gasteiger partial charge in [-0.05, 0) is 24.1 Å². The molecule has 0 saturated carbocycles. The van der Waals surface area contributed by atoms with Crippen LogP contribution in [0.25, 0.3) is 0 Å². The highest BCUT2D eigenvalue weighted by molar-refractivity contribution is 5.74. The first-order valence-corrected chi connectivity index (χ1v) is 6.43. The zero-order chi connectivity index (χ0) is 14.1. The van der Waals surface area contributed by atoms with Crippen LogP contribution < -0.4 is 5.32 Å². The van der Waals surface area contributed by atoms with Crippen molar-refractivity contribution < 1.29 is 13.9 Å². The molecule has 1 rings (SSSR count). The number of hydrogen-bond donors (Lipinski definition) is 1. The van der Waals surface area contributed by atoms with E-state index in [-0.39, 0.29) is 11.8 Å². The van der Waals surface area contributed by atoms with Crippen LogP contribution in [-0.4, -0.2) is 37.7 Å². The van der Waals surface area contributed by atoms with Crippen molar-refractivity contribution in [2.45, 2.75) is 19.9 Å². The Kier molecular flexibility index (Phi) is 6.89. The number of hydrogen-bond acceptors (Lipinski definition) is 2. The van der Waals surface area contributed by atoms with Gasteiger partial charge >= 0.3 is 6.03 Å². The maximum Gasteiger partial charge on any atom is 0.317 e. The average molecular weight is 268 g/mol. The van der Waals surface area contributed by atoms with Gasteiger partial charge in [0, 0.05) is 26.7 Å². The fraction of sp³-hybridized carbons (Fsp3) is 0.500. The molecular weight excluding hydrogens is 247 g/mol. The number of benzene rings is 1. The van der Waals surface area contributed by atoms with Crippen molar-refractivity contribution in [3.63, 3.8) is 0 Å². The number of ether oxygens (including phenoxy) is 1. The van der Waals surface area contributed by atoms with Gasteiger partial charge in [-0.2, -0.15) is 0 Å². The summed E-state index contributed by atoms with van der Waals surface area (Å²) in [5.74, 6) is -0.275. The molecule has 0 saturated heterocycles. The minimum absolute atomic E-state index is 0.122. The highest BCUT2D eigenvalue weighted by atomic mass is 19.1. The molecular formula is C14H21FN2O2. The van der Waals surface area contributed by atoms with E-state index >= 15 is 0 Å². The number of carbonyl (C=O) groups excluding carboxylic acids is 1. The predicted molar refractivity (Wildman–Crippen MR) is 72.4 cm³/mol. The molecule has 0 radical (unpaired) electrons. The van der Waals surface area contributed by atoms with Crippen molar-refractivity contribution in [1.82, 2.24) is 10.2 Å². The van der Waals surface area contributed by atoms with Crippen LogP contribution in [0.1, 0.15) is 18.9 Å². The molecule has 0 unspecified atom stereocenters. The van der Waals surface area contributed by atoms with Gasteiger partial charge in [0.05, 0.1) is 6.61 Å². The molecule has 0 atom stereocenters. The molecule has 2 amide bonds. The maximum absolute atomic E-state index is 12.7. The zero-order valence-electron chi connectivity index (χ0n) is 11.5. The predicted octanol–water partition coefficient (Wildman–Crippen LogP) is 2.39. The van der Waals surface area contributed by atoms with Gasteiger partial charge in [-0.1, -0.05) is 19.1 Å². The summed E-state index contributed by atoms with van der Waals surface area (Å²) in [6.07, 6.45) is 0.897. The van der Waals surface area contributed by atoms with Gasteiger partial charge in [-0.25, -0.2) is 9.18 Å². The summed E-state index contributed by atoms with van der Waals surface area (Å²) in [4.78, 5) is 13.7. The summed E-state index contributed by atoms with van der Waals surface area (Å²) in [7, 11) is 1.61. The number of nitrogens with one attached hydrogen (secondary N) is 1. The van der Waals surface area contributed by atoms with Crippen molar-refractivity contribution in [3.8, 4) is 0 Å². The fourth-order valence-corrected chi connectivity index (χ4v) is 1.68. The summed E-state index contributed by atoms with van der Waals surface area (Å²) in [5, 5.41) is 2.82. The number of halogens is 1. The van der Waals surface area contributed by atoms with E-state index in [0.717, 1.165) is 12.0 Å². The Labute approximate surface area is 113 Å². The number of urea groups is 1. The molecule has 106 valence electrons. The molecule has 0 fully saturated rings. The van der Waals surface area contributed by atoms with E-state index in [9.17, 15) is 9.18 Å². The van der Waals surface area contributed by atoms with Crippen LogP contribution in [0.5, 0.6) is 0 Å². The fourth-order valence-electron chi connectivity index (χ4n) is 1.68. The van der Waals surface area contributed by atoms with Crippen LogP contribution >= 0.6 is 0 Å². The molecule has 5 heteroatoms. The lowest BCUT2D eigenvalue weighted by Gasteiger charge is -2.22. The third kappa shape index (κ3) is 5.70. The topological polar surface area (TPSA) is 41.6 Å². The Bertz CT molecular complexity index is 382. The lowest BCUT2D eigenvalue weighted by atomic mass is 10.2. The minimum atomic E-state index is -0.275. The third-order valence-electron chi connectivity index (χ3n) is 2.70. The van der Waals surface area contributed by atoms with Crippen LogP contribution in [0.3, 0.4) is 0 Å². The van der Waals surface area contributed by atoms with Crippen LogP contribution in [0.15, 0.2) is 24.3 Å². The van der Waals surface area contributed by atoms with Gasteiger partial charge in [0.1, 0.15) is 5.82 Å². The van der Waals surface area contributed by atoms with Gasteiger partial charge in [0.2, 0.25) is 0 Å². The quantitative estimate of drug-likeness (QED) is 0.825. The highest BCUT2D eigenvalue weighted by Crippen LogP contribution is 2.02. The van der Waals surface area contributed by atoms with Gasteiger partial charge in [-0.3, -0.25) is 0 Å². The zero-order valence-corrected chi connectivity index (χ0v) is 11.5. The van der Waals surface area contributed by atoms with Crippen LogP contribution in [0.4, 0.5) is 9.18 Å². The number of rotatable bonds is 7. The summed E-state index contributed by atoms with van der Waals surface area (Å²) in [6.45, 7) is 4.20. The smallest absolute Gasteiger partial charge is 0.317 e. The largest absolute Gasteiger partial charge is 0.383 e. The SMILES string of the molecule is CCCN(CCOC)C(=O)NCc1ccc(F)cc1. The Hall–Kier alpha value is -1.62. The van der Waals surface area contributed by atoms with Crippen molar-refractivity contribution in [2.24, 2.45) is 0 Å². The first kappa shape index (κ1) is 15.4. The monoisotopic (exact) mass is 268 g/mol. The summed E-state index contributed by atoms with van der Waals surface area (Å²) >= 11 is 0. The van der Waals surface area contributed by atoms with Gasteiger partial charge in [0.15, 0.2) is 0 Å². The second-order valence-electron chi connectivity index (χ2n) is 4.27. The molecule has 1 aromatic carbocycles. The number of amides is 2. The molecule has 1 aromatic rings. The van der Waals surface area contributed by atoms with Crippen LogP contribution in [-0.2, 0) is 11.3 Å². The van der Waals surface area contributed by atoms with Crippen LogP contribution in [0.2, 0.25) is 0 Å². The number of nitrogens with zero attached hydrogens (tertiary/aromatic N) is 1. The molecule has 4 nitrogen and oxygen atoms in total. The first-order chi connectivity index (χ1) is 9.17. The van der Waals surface area contributed by atoms with Crippen molar-refractivity contribution in [2.75, 3.05) is 26.8 Å². The Morgan fingerprint density at radius 3 is 2.58 bits per heavy atom. The lowest BCUT2D eigenvalue weighted by Crippen LogP contribution is -2.41. The molecule has 0 aliphatic carbocycles. The maximum atomic E-state index is 12.7. The average Bonchev–Trinajstić information content (AvgIpc) is 2.42. The Morgan fingerprint density at radius 2 is 2.00 bits per heavy atom. The molecule has 0 bridgehead atoms. The van der Waals surface area contributed by atoms with Gasteiger partial charge in [0.25, 0.3) is 0 Å². The van der Waals surface area contributed by atoms with E-state index in [1.807, 2.05) is 6.92 Å². The summed E-state index contributed by atoms with van der Waals surface area (Å²) < 4.78 is 17.7. The van der Waals surface area contributed by atoms with E-state index < -0.39 is 0 Å². The van der Waals surface area contributed by atoms with E-state index in [0.29, 0.717) is 26.2 Å². The van der Waals surface area contributed by atoms with E-state index in [2.05, 4.69) is 5.32 Å². The molecule has 0 aliphatic rings. The normalized spacial score (nSPS) is 10.3. The minimum Gasteiger partial charge on any atom is -0.383 e. The second kappa shape index (κ2) is 8.48. The van der Waals surface area contributed by atoms with Gasteiger partial charge in [-0.15, -0.1) is 0 Å². The first-order valence-electron chi connectivity index (χ1n) is 6.43. The summed E-state index contributed by atoms with van der Waals surface area (Å²) in [5.41, 5.74) is 0.873. The summed E-state index contributed by atoms with van der Waals surface area (Å²) in [6, 6.07) is 5.97. The highest BCUT2D eigenvalue weighted by Gasteiger charge is 2.11. The van der Waals surface area contributed by atoms with Gasteiger partial charge < -0.3 is 15.0 Å². The standard InChI is InChI=1S/C14H21FN2O2/c1-3-8-17(9-10-19-2)14(18)16-11-12-4-6-13(15)7-5-12/h4-7H,3,8-11H2,1-2H3,(H,16,18). The molecule has 19 heavy (non-hydrogen) atoms. The molecule has 0 heterocycles. The number of carbonyl (C=O) groups is 1. The van der Waals surface area contributed by atoms with Crippen molar-refractivity contribution in [1.29, 1.82) is 0 Å². The van der Waals surface area contributed by atoms with Crippen molar-refractivity contribution in [3.05, 3.63) is 35.6 Å². The second-order valence-corrected chi connectivity index (χ2v) is 4.27. The third-order valence-corrected chi connectivity index (χ3v) is 2.70. The Morgan fingerprint density at radius 1 is 1.32 bits per heavy atom. The molecule has 0 aliphatic heterocycles. The molecule has 1 N–H and O–H groups in total. The van der Waals surface area contributed by atoms with E-state index in [1.54, 1.807) is 24.1 Å². The molecule has 0 spiro atoms. The van der Waals surface area contributed by atoms with Crippen LogP contribution in [0, 0.1) is 5.82 Å². The lowest BCUT2D eigenvalue weighted by molar-refractivity contribution is 0.149. The van der Waals surface area contributed by atoms with E-state index in [1.165, 1.54) is 12.1 Å². The number of methoxy groups -OCH3 is 1. The Balaban J connectivity index is 2.44. The molecule has 0 aromatic heterocycles.